The molecule has 20 heavy (non-hydrogen) atoms. The van der Waals surface area contributed by atoms with Gasteiger partial charge in [-0.1, -0.05) is 11.6 Å². The standard InChI is InChI=1S/C15H19NO4/c1-4-16(10-15(18)19)14(17)8-6-12-9-11(2)5-7-13(12)20-3/h5-9H,4,10H2,1-3H3,(H,18,19)/b8-6+. The van der Waals surface area contributed by atoms with Crippen molar-refractivity contribution in [1.29, 1.82) is 0 Å². The molecule has 5 heteroatoms. The molecule has 0 aromatic heterocycles. The average molecular weight is 277 g/mol. The highest BCUT2D eigenvalue weighted by molar-refractivity contribution is 5.93. The molecule has 108 valence electrons. The first-order chi connectivity index (χ1) is 9.47. The van der Waals surface area contributed by atoms with Crippen molar-refractivity contribution in [3.05, 3.63) is 35.4 Å². The van der Waals surface area contributed by atoms with E-state index in [0.29, 0.717) is 12.3 Å². The van der Waals surface area contributed by atoms with E-state index in [0.717, 1.165) is 11.1 Å². The van der Waals surface area contributed by atoms with Crippen LogP contribution in [0.3, 0.4) is 0 Å². The van der Waals surface area contributed by atoms with Crippen LogP contribution in [-0.2, 0) is 9.59 Å². The average Bonchev–Trinajstić information content (AvgIpc) is 2.42. The fourth-order valence-corrected chi connectivity index (χ4v) is 1.76. The molecule has 0 aliphatic heterocycles. The van der Waals surface area contributed by atoms with E-state index in [1.165, 1.54) is 11.0 Å². The summed E-state index contributed by atoms with van der Waals surface area (Å²) in [4.78, 5) is 23.8. The van der Waals surface area contributed by atoms with Crippen LogP contribution in [0.5, 0.6) is 5.75 Å². The lowest BCUT2D eigenvalue weighted by molar-refractivity contribution is -0.142. The first-order valence-corrected chi connectivity index (χ1v) is 6.31. The number of methoxy groups -OCH3 is 1. The number of aryl methyl sites for hydroxylation is 1. The van der Waals surface area contributed by atoms with Crippen LogP contribution < -0.4 is 4.74 Å². The van der Waals surface area contributed by atoms with Gasteiger partial charge in [-0.15, -0.1) is 0 Å². The Morgan fingerprint density at radius 3 is 2.65 bits per heavy atom. The summed E-state index contributed by atoms with van der Waals surface area (Å²) >= 11 is 0. The molecule has 1 aromatic rings. The van der Waals surface area contributed by atoms with E-state index in [2.05, 4.69) is 0 Å². The SMILES string of the molecule is CCN(CC(=O)O)C(=O)/C=C/c1cc(C)ccc1OC. The van der Waals surface area contributed by atoms with Crippen LogP contribution in [0, 0.1) is 6.92 Å². The maximum Gasteiger partial charge on any atom is 0.323 e. The number of rotatable bonds is 6. The van der Waals surface area contributed by atoms with Gasteiger partial charge in [0.2, 0.25) is 5.91 Å². The van der Waals surface area contributed by atoms with Gasteiger partial charge >= 0.3 is 5.97 Å². The van der Waals surface area contributed by atoms with Gasteiger partial charge in [-0.3, -0.25) is 9.59 Å². The summed E-state index contributed by atoms with van der Waals surface area (Å²) in [6.07, 6.45) is 3.00. The summed E-state index contributed by atoms with van der Waals surface area (Å²) in [6.45, 7) is 3.73. The van der Waals surface area contributed by atoms with Crippen molar-refractivity contribution in [2.75, 3.05) is 20.2 Å². The molecule has 0 atom stereocenters. The molecule has 1 N–H and O–H groups in total. The Kier molecular flexibility index (Phi) is 5.77. The summed E-state index contributed by atoms with van der Waals surface area (Å²) in [5.74, 6) is -0.693. The molecule has 1 amide bonds. The molecule has 5 nitrogen and oxygen atoms in total. The number of likely N-dealkylation sites (N-methyl/N-ethyl adjacent to an activating group) is 1. The number of hydrogen-bond donors (Lipinski definition) is 1. The minimum atomic E-state index is -1.03. The Bertz CT molecular complexity index is 523. The Morgan fingerprint density at radius 2 is 2.10 bits per heavy atom. The summed E-state index contributed by atoms with van der Waals surface area (Å²) in [6, 6.07) is 5.64. The molecule has 0 heterocycles. The second kappa shape index (κ2) is 7.33. The number of carbonyl (C=O) groups is 2. The molecule has 0 fully saturated rings. The number of aliphatic carboxylic acids is 1. The number of ether oxygens (including phenoxy) is 1. The van der Waals surface area contributed by atoms with Crippen molar-refractivity contribution in [2.24, 2.45) is 0 Å². The maximum absolute atomic E-state index is 11.9. The molecule has 1 rings (SSSR count). The first-order valence-electron chi connectivity index (χ1n) is 6.31. The predicted molar refractivity (Wildman–Crippen MR) is 76.7 cm³/mol. The molecule has 0 saturated heterocycles. The van der Waals surface area contributed by atoms with Crippen LogP contribution in [0.4, 0.5) is 0 Å². The van der Waals surface area contributed by atoms with Crippen molar-refractivity contribution >= 4 is 18.0 Å². The number of hydrogen-bond acceptors (Lipinski definition) is 3. The molecule has 0 aliphatic rings. The number of carboxylic acid groups (broad SMARTS) is 1. The Labute approximate surface area is 118 Å². The van der Waals surface area contributed by atoms with Crippen LogP contribution in [0.2, 0.25) is 0 Å². The first kappa shape index (κ1) is 15.8. The quantitative estimate of drug-likeness (QED) is 0.807. The van der Waals surface area contributed by atoms with Gasteiger partial charge < -0.3 is 14.7 Å². The van der Waals surface area contributed by atoms with Crippen molar-refractivity contribution in [1.82, 2.24) is 4.90 Å². The fourth-order valence-electron chi connectivity index (χ4n) is 1.76. The lowest BCUT2D eigenvalue weighted by Crippen LogP contribution is -2.34. The van der Waals surface area contributed by atoms with E-state index < -0.39 is 5.97 Å². The van der Waals surface area contributed by atoms with E-state index in [9.17, 15) is 9.59 Å². The molecule has 1 aromatic carbocycles. The Hall–Kier alpha value is -2.30. The number of nitrogens with zero attached hydrogens (tertiary/aromatic N) is 1. The number of benzene rings is 1. The highest BCUT2D eigenvalue weighted by Gasteiger charge is 2.12. The molecular weight excluding hydrogens is 258 g/mol. The van der Waals surface area contributed by atoms with E-state index in [1.54, 1.807) is 20.1 Å². The van der Waals surface area contributed by atoms with Gasteiger partial charge in [0.15, 0.2) is 0 Å². The van der Waals surface area contributed by atoms with Crippen molar-refractivity contribution in [3.8, 4) is 5.75 Å². The zero-order valence-electron chi connectivity index (χ0n) is 11.9. The van der Waals surface area contributed by atoms with Gasteiger partial charge in [-0.2, -0.15) is 0 Å². The summed E-state index contributed by atoms with van der Waals surface area (Å²) in [7, 11) is 1.56. The van der Waals surface area contributed by atoms with Crippen LogP contribution in [-0.4, -0.2) is 42.1 Å². The highest BCUT2D eigenvalue weighted by atomic mass is 16.5. The molecule has 0 aliphatic carbocycles. The number of carboxylic acids is 1. The summed E-state index contributed by atoms with van der Waals surface area (Å²) in [5.41, 5.74) is 1.84. The smallest absolute Gasteiger partial charge is 0.323 e. The third-order valence-corrected chi connectivity index (χ3v) is 2.81. The fraction of sp³-hybridized carbons (Fsp3) is 0.333. The van der Waals surface area contributed by atoms with Crippen LogP contribution >= 0.6 is 0 Å². The largest absolute Gasteiger partial charge is 0.496 e. The second-order valence-corrected chi connectivity index (χ2v) is 4.32. The third-order valence-electron chi connectivity index (χ3n) is 2.81. The maximum atomic E-state index is 11.9. The van der Waals surface area contributed by atoms with Crippen LogP contribution in [0.15, 0.2) is 24.3 Å². The molecule has 0 spiro atoms. The Morgan fingerprint density at radius 1 is 1.40 bits per heavy atom. The van der Waals surface area contributed by atoms with E-state index in [1.807, 2.05) is 25.1 Å². The summed E-state index contributed by atoms with van der Waals surface area (Å²) < 4.78 is 5.21. The monoisotopic (exact) mass is 277 g/mol. The van der Waals surface area contributed by atoms with Gasteiger partial charge in [0.05, 0.1) is 7.11 Å². The normalized spacial score (nSPS) is 10.6. The summed E-state index contributed by atoms with van der Waals surface area (Å²) in [5, 5.41) is 8.73. The van der Waals surface area contributed by atoms with Gasteiger partial charge in [-0.25, -0.2) is 0 Å². The molecule has 0 saturated carbocycles. The molecular formula is C15H19NO4. The lowest BCUT2D eigenvalue weighted by Gasteiger charge is -2.16. The molecule has 0 bridgehead atoms. The number of carbonyl (C=O) groups excluding carboxylic acids is 1. The van der Waals surface area contributed by atoms with Crippen molar-refractivity contribution < 1.29 is 19.4 Å². The predicted octanol–water partition coefficient (Wildman–Crippen LogP) is 1.95. The van der Waals surface area contributed by atoms with Crippen LogP contribution in [0.1, 0.15) is 18.1 Å². The van der Waals surface area contributed by atoms with Crippen molar-refractivity contribution in [3.63, 3.8) is 0 Å². The minimum absolute atomic E-state index is 0.301. The van der Waals surface area contributed by atoms with Gasteiger partial charge in [-0.05, 0) is 32.1 Å². The van der Waals surface area contributed by atoms with E-state index >= 15 is 0 Å². The zero-order chi connectivity index (χ0) is 15.1. The van der Waals surface area contributed by atoms with Gasteiger partial charge in [0, 0.05) is 18.2 Å². The topological polar surface area (TPSA) is 66.8 Å². The van der Waals surface area contributed by atoms with E-state index in [4.69, 9.17) is 9.84 Å². The van der Waals surface area contributed by atoms with Gasteiger partial charge in [0.25, 0.3) is 0 Å². The molecule has 0 unspecified atom stereocenters. The third kappa shape index (κ3) is 4.42. The Balaban J connectivity index is 2.88. The van der Waals surface area contributed by atoms with Crippen LogP contribution in [0.25, 0.3) is 6.08 Å². The van der Waals surface area contributed by atoms with Gasteiger partial charge in [0.1, 0.15) is 12.3 Å². The highest BCUT2D eigenvalue weighted by Crippen LogP contribution is 2.21. The lowest BCUT2D eigenvalue weighted by atomic mass is 10.1. The van der Waals surface area contributed by atoms with E-state index in [-0.39, 0.29) is 12.5 Å². The molecule has 0 radical (unpaired) electrons. The minimum Gasteiger partial charge on any atom is -0.496 e. The zero-order valence-corrected chi connectivity index (χ0v) is 11.9. The van der Waals surface area contributed by atoms with Crippen molar-refractivity contribution in [2.45, 2.75) is 13.8 Å². The second-order valence-electron chi connectivity index (χ2n) is 4.32. The number of amides is 1.